The first-order valence-corrected chi connectivity index (χ1v) is 4.14. The minimum Gasteiger partial charge on any atom is -0.508 e. The number of hydrogen-bond acceptors (Lipinski definition) is 3. The molecule has 0 aromatic heterocycles. The standard InChI is InChI=1S/C10H10O3/c1-5-3-7(11)4-8-9(5)10(12)6(2)13-8/h3-4,6,11H,1-2H3. The van der Waals surface area contributed by atoms with Crippen molar-refractivity contribution < 1.29 is 14.6 Å². The molecule has 3 nitrogen and oxygen atoms in total. The van der Waals surface area contributed by atoms with Gasteiger partial charge in [-0.1, -0.05) is 0 Å². The lowest BCUT2D eigenvalue weighted by Crippen LogP contribution is -2.15. The van der Waals surface area contributed by atoms with E-state index in [4.69, 9.17) is 4.74 Å². The van der Waals surface area contributed by atoms with E-state index in [0.717, 1.165) is 5.56 Å². The Labute approximate surface area is 76.0 Å². The molecular weight excluding hydrogens is 168 g/mol. The summed E-state index contributed by atoms with van der Waals surface area (Å²) in [7, 11) is 0. The van der Waals surface area contributed by atoms with Crippen LogP contribution in [-0.4, -0.2) is 17.0 Å². The van der Waals surface area contributed by atoms with E-state index in [0.29, 0.717) is 11.3 Å². The van der Waals surface area contributed by atoms with E-state index in [2.05, 4.69) is 0 Å². The van der Waals surface area contributed by atoms with Gasteiger partial charge in [-0.05, 0) is 25.5 Å². The number of carbonyl (C=O) groups excluding carboxylic acids is 1. The van der Waals surface area contributed by atoms with E-state index in [-0.39, 0.29) is 11.5 Å². The summed E-state index contributed by atoms with van der Waals surface area (Å²) >= 11 is 0. The summed E-state index contributed by atoms with van der Waals surface area (Å²) in [6.07, 6.45) is -0.421. The molecule has 1 aromatic carbocycles. The molecule has 0 amide bonds. The first-order valence-electron chi connectivity index (χ1n) is 4.14. The van der Waals surface area contributed by atoms with Crippen LogP contribution in [0.2, 0.25) is 0 Å². The topological polar surface area (TPSA) is 46.5 Å². The largest absolute Gasteiger partial charge is 0.508 e. The van der Waals surface area contributed by atoms with Gasteiger partial charge in [-0.2, -0.15) is 0 Å². The van der Waals surface area contributed by atoms with Crippen molar-refractivity contribution in [1.29, 1.82) is 0 Å². The van der Waals surface area contributed by atoms with E-state index < -0.39 is 6.10 Å². The highest BCUT2D eigenvalue weighted by Gasteiger charge is 2.30. The monoisotopic (exact) mass is 178 g/mol. The average Bonchev–Trinajstić information content (AvgIpc) is 2.27. The van der Waals surface area contributed by atoms with Crippen molar-refractivity contribution in [2.75, 3.05) is 0 Å². The van der Waals surface area contributed by atoms with E-state index in [1.54, 1.807) is 19.9 Å². The molecule has 1 atom stereocenters. The van der Waals surface area contributed by atoms with Gasteiger partial charge < -0.3 is 9.84 Å². The second-order valence-electron chi connectivity index (χ2n) is 3.26. The van der Waals surface area contributed by atoms with Crippen molar-refractivity contribution in [3.63, 3.8) is 0 Å². The Kier molecular flexibility index (Phi) is 1.55. The molecule has 0 aliphatic carbocycles. The number of fused-ring (bicyclic) bond motifs is 1. The van der Waals surface area contributed by atoms with E-state index in [9.17, 15) is 9.90 Å². The molecule has 1 aliphatic rings. The molecule has 1 N–H and O–H groups in total. The highest BCUT2D eigenvalue weighted by Crippen LogP contribution is 2.34. The first kappa shape index (κ1) is 8.10. The molecule has 1 aromatic rings. The van der Waals surface area contributed by atoms with Gasteiger partial charge in [-0.15, -0.1) is 0 Å². The summed E-state index contributed by atoms with van der Waals surface area (Å²) in [4.78, 5) is 11.5. The highest BCUT2D eigenvalue weighted by molar-refractivity contribution is 6.05. The summed E-state index contributed by atoms with van der Waals surface area (Å²) in [5.41, 5.74) is 1.37. The van der Waals surface area contributed by atoms with Gasteiger partial charge in [0.25, 0.3) is 0 Å². The van der Waals surface area contributed by atoms with Gasteiger partial charge in [-0.25, -0.2) is 0 Å². The van der Waals surface area contributed by atoms with Crippen molar-refractivity contribution in [1.82, 2.24) is 0 Å². The molecule has 3 heteroatoms. The molecule has 0 saturated heterocycles. The van der Waals surface area contributed by atoms with Gasteiger partial charge in [0.05, 0.1) is 5.56 Å². The second kappa shape index (κ2) is 2.49. The zero-order valence-corrected chi connectivity index (χ0v) is 7.50. The number of Topliss-reactive ketones (excluding diaryl/α,β-unsaturated/α-hetero) is 1. The number of aromatic hydroxyl groups is 1. The minimum absolute atomic E-state index is 0.00694. The van der Waals surface area contributed by atoms with E-state index in [1.165, 1.54) is 6.07 Å². The van der Waals surface area contributed by atoms with Crippen molar-refractivity contribution in [2.45, 2.75) is 20.0 Å². The molecule has 1 unspecified atom stereocenters. The lowest BCUT2D eigenvalue weighted by Gasteiger charge is -2.01. The Bertz CT molecular complexity index is 382. The third-order valence-electron chi connectivity index (χ3n) is 2.20. The van der Waals surface area contributed by atoms with E-state index in [1.807, 2.05) is 0 Å². The van der Waals surface area contributed by atoms with Crippen LogP contribution < -0.4 is 4.74 Å². The normalized spacial score (nSPS) is 19.8. The maximum Gasteiger partial charge on any atom is 0.206 e. The molecule has 0 bridgehead atoms. The second-order valence-corrected chi connectivity index (χ2v) is 3.26. The SMILES string of the molecule is Cc1cc(O)cc2c1C(=O)C(C)O2. The third kappa shape index (κ3) is 1.08. The number of rotatable bonds is 0. The Balaban J connectivity index is 2.64. The summed E-state index contributed by atoms with van der Waals surface area (Å²) in [6.45, 7) is 3.50. The zero-order chi connectivity index (χ0) is 9.59. The molecule has 1 heterocycles. The van der Waals surface area contributed by atoms with Gasteiger partial charge in [0.1, 0.15) is 11.5 Å². The fourth-order valence-electron chi connectivity index (χ4n) is 1.59. The van der Waals surface area contributed by atoms with Crippen LogP contribution in [0.15, 0.2) is 12.1 Å². The number of carbonyl (C=O) groups is 1. The minimum atomic E-state index is -0.421. The smallest absolute Gasteiger partial charge is 0.206 e. The van der Waals surface area contributed by atoms with E-state index >= 15 is 0 Å². The number of benzene rings is 1. The third-order valence-corrected chi connectivity index (χ3v) is 2.20. The number of phenolic OH excluding ortho intramolecular Hbond substituents is 1. The van der Waals surface area contributed by atoms with Crippen LogP contribution in [0.25, 0.3) is 0 Å². The van der Waals surface area contributed by atoms with Crippen LogP contribution in [0.1, 0.15) is 22.8 Å². The van der Waals surface area contributed by atoms with Gasteiger partial charge in [-0.3, -0.25) is 4.79 Å². The lowest BCUT2D eigenvalue weighted by molar-refractivity contribution is 0.0878. The molecule has 68 valence electrons. The maximum absolute atomic E-state index is 11.5. The fraction of sp³-hybridized carbons (Fsp3) is 0.300. The molecular formula is C10H10O3. The Morgan fingerprint density at radius 1 is 1.46 bits per heavy atom. The van der Waals surface area contributed by atoms with Gasteiger partial charge in [0, 0.05) is 6.07 Å². The number of aryl methyl sites for hydroxylation is 1. The molecule has 0 fully saturated rings. The Hall–Kier alpha value is -1.51. The Morgan fingerprint density at radius 3 is 2.85 bits per heavy atom. The lowest BCUT2D eigenvalue weighted by atomic mass is 10.0. The Morgan fingerprint density at radius 2 is 2.15 bits per heavy atom. The molecule has 1 aliphatic heterocycles. The zero-order valence-electron chi connectivity index (χ0n) is 7.50. The van der Waals surface area contributed by atoms with Gasteiger partial charge in [0.15, 0.2) is 6.10 Å². The quantitative estimate of drug-likeness (QED) is 0.657. The number of phenols is 1. The van der Waals surface area contributed by atoms with Crippen LogP contribution in [0, 0.1) is 6.92 Å². The summed E-state index contributed by atoms with van der Waals surface area (Å²) in [6, 6.07) is 3.04. The molecule has 0 saturated carbocycles. The van der Waals surface area contributed by atoms with Crippen molar-refractivity contribution in [2.24, 2.45) is 0 Å². The van der Waals surface area contributed by atoms with Gasteiger partial charge >= 0.3 is 0 Å². The van der Waals surface area contributed by atoms with Crippen LogP contribution >= 0.6 is 0 Å². The predicted octanol–water partition coefficient (Wildman–Crippen LogP) is 1.66. The molecule has 0 radical (unpaired) electrons. The average molecular weight is 178 g/mol. The predicted molar refractivity (Wildman–Crippen MR) is 47.3 cm³/mol. The van der Waals surface area contributed by atoms with Crippen LogP contribution in [0.5, 0.6) is 11.5 Å². The van der Waals surface area contributed by atoms with Crippen LogP contribution in [0.3, 0.4) is 0 Å². The number of hydrogen-bond donors (Lipinski definition) is 1. The number of ketones is 1. The molecule has 13 heavy (non-hydrogen) atoms. The maximum atomic E-state index is 11.5. The highest BCUT2D eigenvalue weighted by atomic mass is 16.5. The van der Waals surface area contributed by atoms with Crippen molar-refractivity contribution >= 4 is 5.78 Å². The summed E-state index contributed by atoms with van der Waals surface area (Å²) in [5.74, 6) is 0.626. The van der Waals surface area contributed by atoms with Crippen molar-refractivity contribution in [3.8, 4) is 11.5 Å². The molecule has 0 spiro atoms. The summed E-state index contributed by atoms with van der Waals surface area (Å²) in [5, 5.41) is 9.26. The van der Waals surface area contributed by atoms with Crippen molar-refractivity contribution in [3.05, 3.63) is 23.3 Å². The fourth-order valence-corrected chi connectivity index (χ4v) is 1.59. The molecule has 2 rings (SSSR count). The van der Waals surface area contributed by atoms with Crippen LogP contribution in [-0.2, 0) is 0 Å². The number of ether oxygens (including phenoxy) is 1. The van der Waals surface area contributed by atoms with Gasteiger partial charge in [0.2, 0.25) is 5.78 Å². The first-order chi connectivity index (χ1) is 6.09. The van der Waals surface area contributed by atoms with Crippen LogP contribution in [0.4, 0.5) is 0 Å². The summed E-state index contributed by atoms with van der Waals surface area (Å²) < 4.78 is 5.27.